The first-order chi connectivity index (χ1) is 10.8. The number of rotatable bonds is 3. The van der Waals surface area contributed by atoms with E-state index in [1.807, 2.05) is 6.92 Å². The van der Waals surface area contributed by atoms with E-state index in [2.05, 4.69) is 0 Å². The van der Waals surface area contributed by atoms with E-state index in [9.17, 15) is 14.4 Å². The molecule has 0 bridgehead atoms. The molecule has 3 amide bonds. The molecule has 1 heterocycles. The molecule has 1 atom stereocenters. The number of benzene rings is 1. The lowest BCUT2D eigenvalue weighted by Gasteiger charge is -2.40. The van der Waals surface area contributed by atoms with Gasteiger partial charge in [0, 0.05) is 23.3 Å². The fourth-order valence-corrected chi connectivity index (χ4v) is 3.17. The van der Waals surface area contributed by atoms with E-state index in [-0.39, 0.29) is 24.4 Å². The first-order valence-corrected chi connectivity index (χ1v) is 7.90. The lowest BCUT2D eigenvalue weighted by Crippen LogP contribution is -2.59. The SMILES string of the molecule is C[C@H]1CN(c2cccc(Cl)c2)C(=O)CN1C(=O)C1(C(N)=O)CC1. The van der Waals surface area contributed by atoms with Crippen molar-refractivity contribution in [2.45, 2.75) is 25.8 Å². The van der Waals surface area contributed by atoms with Crippen molar-refractivity contribution in [1.29, 1.82) is 0 Å². The summed E-state index contributed by atoms with van der Waals surface area (Å²) in [5.74, 6) is -1.12. The zero-order valence-electron chi connectivity index (χ0n) is 12.8. The third-order valence-electron chi connectivity index (χ3n) is 4.60. The number of nitrogens with two attached hydrogens (primary N) is 1. The number of hydrogen-bond acceptors (Lipinski definition) is 3. The van der Waals surface area contributed by atoms with Gasteiger partial charge in [0.05, 0.1) is 0 Å². The number of hydrogen-bond donors (Lipinski definition) is 1. The molecule has 1 aromatic rings. The summed E-state index contributed by atoms with van der Waals surface area (Å²) >= 11 is 5.98. The second-order valence-corrected chi connectivity index (χ2v) is 6.65. The second-order valence-electron chi connectivity index (χ2n) is 6.21. The number of primary amides is 1. The summed E-state index contributed by atoms with van der Waals surface area (Å²) in [5.41, 5.74) is 4.97. The van der Waals surface area contributed by atoms with Crippen molar-refractivity contribution in [2.75, 3.05) is 18.0 Å². The van der Waals surface area contributed by atoms with E-state index in [1.54, 1.807) is 29.2 Å². The van der Waals surface area contributed by atoms with Gasteiger partial charge in [-0.3, -0.25) is 14.4 Å². The van der Waals surface area contributed by atoms with Gasteiger partial charge < -0.3 is 15.5 Å². The van der Waals surface area contributed by atoms with Gasteiger partial charge in [0.25, 0.3) is 0 Å². The Bertz CT molecular complexity index is 687. The Hall–Kier alpha value is -2.08. The minimum atomic E-state index is -1.09. The normalized spacial score (nSPS) is 22.9. The molecule has 7 heteroatoms. The van der Waals surface area contributed by atoms with Crippen LogP contribution in [-0.4, -0.2) is 41.8 Å². The lowest BCUT2D eigenvalue weighted by molar-refractivity contribution is -0.148. The topological polar surface area (TPSA) is 83.7 Å². The predicted octanol–water partition coefficient (Wildman–Crippen LogP) is 1.17. The molecule has 2 N–H and O–H groups in total. The summed E-state index contributed by atoms with van der Waals surface area (Å²) in [4.78, 5) is 39.7. The number of nitrogens with zero attached hydrogens (tertiary/aromatic N) is 2. The molecular formula is C16H18ClN3O3. The van der Waals surface area contributed by atoms with E-state index < -0.39 is 11.3 Å². The lowest BCUT2D eigenvalue weighted by atomic mass is 10.0. The van der Waals surface area contributed by atoms with Gasteiger partial charge in [-0.05, 0) is 38.0 Å². The molecule has 1 saturated heterocycles. The molecule has 2 aliphatic rings. The van der Waals surface area contributed by atoms with Crippen molar-refractivity contribution in [3.05, 3.63) is 29.3 Å². The van der Waals surface area contributed by atoms with Crippen LogP contribution in [0.3, 0.4) is 0 Å². The van der Waals surface area contributed by atoms with E-state index in [0.717, 1.165) is 0 Å². The fraction of sp³-hybridized carbons (Fsp3) is 0.438. The van der Waals surface area contributed by atoms with Gasteiger partial charge in [0.15, 0.2) is 0 Å². The zero-order chi connectivity index (χ0) is 16.8. The fourth-order valence-electron chi connectivity index (χ4n) is 2.98. The number of halogens is 1. The van der Waals surface area contributed by atoms with Crippen LogP contribution in [0.25, 0.3) is 0 Å². The van der Waals surface area contributed by atoms with Gasteiger partial charge in [-0.1, -0.05) is 17.7 Å². The molecule has 2 fully saturated rings. The van der Waals surface area contributed by atoms with Crippen molar-refractivity contribution >= 4 is 35.0 Å². The maximum atomic E-state index is 12.6. The number of anilines is 1. The molecule has 0 spiro atoms. The maximum absolute atomic E-state index is 12.6. The Morgan fingerprint density at radius 1 is 1.35 bits per heavy atom. The van der Waals surface area contributed by atoms with Crippen LogP contribution in [0.2, 0.25) is 5.02 Å². The van der Waals surface area contributed by atoms with Crippen LogP contribution in [0.1, 0.15) is 19.8 Å². The molecule has 3 rings (SSSR count). The van der Waals surface area contributed by atoms with Gasteiger partial charge in [-0.25, -0.2) is 0 Å². The highest BCUT2D eigenvalue weighted by Gasteiger charge is 2.58. The van der Waals surface area contributed by atoms with Gasteiger partial charge in [0.1, 0.15) is 12.0 Å². The average Bonchev–Trinajstić information content (AvgIpc) is 3.30. The van der Waals surface area contributed by atoms with E-state index in [4.69, 9.17) is 17.3 Å². The standard InChI is InChI=1S/C16H18ClN3O3/c1-10-8-20(12-4-2-3-11(17)7-12)13(21)9-19(10)15(23)16(5-6-16)14(18)22/h2-4,7,10H,5-6,8-9H2,1H3,(H2,18,22)/t10-/m0/s1. The van der Waals surface area contributed by atoms with Crippen molar-refractivity contribution in [1.82, 2.24) is 4.90 Å². The van der Waals surface area contributed by atoms with Crippen LogP contribution in [-0.2, 0) is 14.4 Å². The molecule has 1 saturated carbocycles. The molecule has 1 aromatic carbocycles. The summed E-state index contributed by atoms with van der Waals surface area (Å²) < 4.78 is 0. The number of carbonyl (C=O) groups is 3. The van der Waals surface area contributed by atoms with Crippen LogP contribution in [0.15, 0.2) is 24.3 Å². The highest BCUT2D eigenvalue weighted by molar-refractivity contribution is 6.31. The monoisotopic (exact) mass is 335 g/mol. The number of piperazine rings is 1. The maximum Gasteiger partial charge on any atom is 0.246 e. The van der Waals surface area contributed by atoms with Gasteiger partial charge in [-0.15, -0.1) is 0 Å². The molecule has 0 aromatic heterocycles. The molecule has 0 radical (unpaired) electrons. The smallest absolute Gasteiger partial charge is 0.246 e. The molecule has 122 valence electrons. The van der Waals surface area contributed by atoms with Gasteiger partial charge in [-0.2, -0.15) is 0 Å². The summed E-state index contributed by atoms with van der Waals surface area (Å²) in [6, 6.07) is 6.84. The summed E-state index contributed by atoms with van der Waals surface area (Å²) in [7, 11) is 0. The zero-order valence-corrected chi connectivity index (χ0v) is 13.5. The molecule has 23 heavy (non-hydrogen) atoms. The minimum Gasteiger partial charge on any atom is -0.369 e. The Kier molecular flexibility index (Phi) is 3.80. The molecule has 6 nitrogen and oxygen atoms in total. The Morgan fingerprint density at radius 2 is 2.04 bits per heavy atom. The molecule has 0 unspecified atom stereocenters. The summed E-state index contributed by atoms with van der Waals surface area (Å²) in [6.07, 6.45) is 0.938. The van der Waals surface area contributed by atoms with Crippen LogP contribution in [0.5, 0.6) is 0 Å². The quantitative estimate of drug-likeness (QED) is 0.841. The van der Waals surface area contributed by atoms with Crippen molar-refractivity contribution in [2.24, 2.45) is 11.1 Å². The summed E-state index contributed by atoms with van der Waals surface area (Å²) in [5, 5.41) is 0.548. The highest BCUT2D eigenvalue weighted by Crippen LogP contribution is 2.47. The van der Waals surface area contributed by atoms with Crippen LogP contribution in [0, 0.1) is 5.41 Å². The van der Waals surface area contributed by atoms with Gasteiger partial charge in [0.2, 0.25) is 17.7 Å². The Balaban J connectivity index is 1.79. The van der Waals surface area contributed by atoms with E-state index in [0.29, 0.717) is 30.1 Å². The van der Waals surface area contributed by atoms with Gasteiger partial charge >= 0.3 is 0 Å². The average molecular weight is 336 g/mol. The van der Waals surface area contributed by atoms with Crippen molar-refractivity contribution in [3.63, 3.8) is 0 Å². The molecular weight excluding hydrogens is 318 g/mol. The predicted molar refractivity (Wildman–Crippen MR) is 85.8 cm³/mol. The largest absolute Gasteiger partial charge is 0.369 e. The van der Waals surface area contributed by atoms with Crippen molar-refractivity contribution < 1.29 is 14.4 Å². The van der Waals surface area contributed by atoms with Crippen molar-refractivity contribution in [3.8, 4) is 0 Å². The molecule has 1 aliphatic carbocycles. The van der Waals surface area contributed by atoms with Crippen LogP contribution < -0.4 is 10.6 Å². The third-order valence-corrected chi connectivity index (χ3v) is 4.83. The Morgan fingerprint density at radius 3 is 2.61 bits per heavy atom. The first-order valence-electron chi connectivity index (χ1n) is 7.52. The summed E-state index contributed by atoms with van der Waals surface area (Å²) in [6.45, 7) is 2.17. The minimum absolute atomic E-state index is 0.0540. The number of amides is 3. The third kappa shape index (κ3) is 2.67. The second kappa shape index (κ2) is 5.53. The Labute approximate surface area is 139 Å². The van der Waals surface area contributed by atoms with Crippen LogP contribution >= 0.6 is 11.6 Å². The van der Waals surface area contributed by atoms with E-state index in [1.165, 1.54) is 4.90 Å². The first kappa shape index (κ1) is 15.8. The van der Waals surface area contributed by atoms with E-state index >= 15 is 0 Å². The highest BCUT2D eigenvalue weighted by atomic mass is 35.5. The van der Waals surface area contributed by atoms with Crippen LogP contribution in [0.4, 0.5) is 5.69 Å². The number of carbonyl (C=O) groups excluding carboxylic acids is 3. The molecule has 1 aliphatic heterocycles.